The fourth-order valence-corrected chi connectivity index (χ4v) is 2.88. The van der Waals surface area contributed by atoms with Gasteiger partial charge >= 0.3 is 0 Å². The van der Waals surface area contributed by atoms with Crippen LogP contribution in [0.3, 0.4) is 0 Å². The van der Waals surface area contributed by atoms with Gasteiger partial charge in [-0.3, -0.25) is 4.98 Å². The predicted molar refractivity (Wildman–Crippen MR) is 79.5 cm³/mol. The topological polar surface area (TPSA) is 55.7 Å². The molecule has 102 valence electrons. The molecule has 1 aliphatic heterocycles. The number of rotatable bonds is 2. The van der Waals surface area contributed by atoms with Crippen molar-refractivity contribution in [2.45, 2.75) is 26.2 Å². The summed E-state index contributed by atoms with van der Waals surface area (Å²) in [5, 5.41) is 9.48. The Kier molecular flexibility index (Phi) is 3.42. The Balaban J connectivity index is 2.05. The third-order valence-corrected chi connectivity index (χ3v) is 3.98. The number of nitrogens with one attached hydrogen (secondary N) is 1. The molecule has 3 heterocycles. The van der Waals surface area contributed by atoms with Crippen molar-refractivity contribution in [3.8, 4) is 17.3 Å². The van der Waals surface area contributed by atoms with E-state index in [2.05, 4.69) is 20.9 Å². The van der Waals surface area contributed by atoms with Gasteiger partial charge in [-0.1, -0.05) is 0 Å². The quantitative estimate of drug-likeness (QED) is 0.907. The van der Waals surface area contributed by atoms with Gasteiger partial charge in [0.25, 0.3) is 0 Å². The van der Waals surface area contributed by atoms with Crippen molar-refractivity contribution < 1.29 is 0 Å². The van der Waals surface area contributed by atoms with Crippen molar-refractivity contribution in [3.63, 3.8) is 0 Å². The van der Waals surface area contributed by atoms with Crippen molar-refractivity contribution in [3.05, 3.63) is 35.7 Å². The first kappa shape index (κ1) is 12.7. The normalized spacial score (nSPS) is 15.1. The maximum atomic E-state index is 9.48. The van der Waals surface area contributed by atoms with Gasteiger partial charge in [-0.2, -0.15) is 5.26 Å². The Hall–Kier alpha value is -2.28. The summed E-state index contributed by atoms with van der Waals surface area (Å²) < 4.78 is 0. The van der Waals surface area contributed by atoms with Crippen LogP contribution < -0.4 is 4.90 Å². The summed E-state index contributed by atoms with van der Waals surface area (Å²) in [4.78, 5) is 9.82. The summed E-state index contributed by atoms with van der Waals surface area (Å²) in [7, 11) is 0. The number of hydrogen-bond donors (Lipinski definition) is 1. The van der Waals surface area contributed by atoms with E-state index in [0.717, 1.165) is 41.3 Å². The molecule has 1 aliphatic rings. The number of anilines is 1. The lowest BCUT2D eigenvalue weighted by atomic mass is 10.1. The molecule has 20 heavy (non-hydrogen) atoms. The summed E-state index contributed by atoms with van der Waals surface area (Å²) in [6, 6.07) is 6.31. The molecule has 0 bridgehead atoms. The van der Waals surface area contributed by atoms with E-state index >= 15 is 0 Å². The van der Waals surface area contributed by atoms with Crippen LogP contribution in [0.2, 0.25) is 0 Å². The Morgan fingerprint density at radius 1 is 1.20 bits per heavy atom. The van der Waals surface area contributed by atoms with E-state index < -0.39 is 0 Å². The van der Waals surface area contributed by atoms with Gasteiger partial charge in [0, 0.05) is 31.0 Å². The molecule has 2 aromatic heterocycles. The molecular formula is C16H18N4. The molecule has 0 spiro atoms. The SMILES string of the molecule is Cc1c(-c2ccncc2)[nH]c(N2CCCCC2)c1C#N. The number of nitrogens with zero attached hydrogens (tertiary/aromatic N) is 3. The third kappa shape index (κ3) is 2.16. The van der Waals surface area contributed by atoms with Gasteiger partial charge in [0.05, 0.1) is 11.3 Å². The highest BCUT2D eigenvalue weighted by Gasteiger charge is 2.21. The van der Waals surface area contributed by atoms with Crippen LogP contribution in [-0.2, 0) is 0 Å². The summed E-state index contributed by atoms with van der Waals surface area (Å²) in [6.45, 7) is 4.08. The van der Waals surface area contributed by atoms with Crippen LogP contribution in [0.5, 0.6) is 0 Å². The Morgan fingerprint density at radius 2 is 1.90 bits per heavy atom. The van der Waals surface area contributed by atoms with Gasteiger partial charge in [0.1, 0.15) is 11.9 Å². The second-order valence-corrected chi connectivity index (χ2v) is 5.24. The first-order valence-corrected chi connectivity index (χ1v) is 7.09. The predicted octanol–water partition coefficient (Wildman–Crippen LogP) is 3.25. The molecule has 4 nitrogen and oxygen atoms in total. The minimum atomic E-state index is 0.777. The molecule has 4 heteroatoms. The van der Waals surface area contributed by atoms with E-state index in [-0.39, 0.29) is 0 Å². The van der Waals surface area contributed by atoms with Crippen molar-refractivity contribution in [1.29, 1.82) is 5.26 Å². The van der Waals surface area contributed by atoms with Crippen molar-refractivity contribution >= 4 is 5.82 Å². The average Bonchev–Trinajstić information content (AvgIpc) is 2.86. The number of aromatic nitrogens is 2. The summed E-state index contributed by atoms with van der Waals surface area (Å²) in [5.74, 6) is 0.983. The van der Waals surface area contributed by atoms with Crippen molar-refractivity contribution in [2.75, 3.05) is 18.0 Å². The van der Waals surface area contributed by atoms with Gasteiger partial charge in [-0.25, -0.2) is 0 Å². The lowest BCUT2D eigenvalue weighted by molar-refractivity contribution is 0.574. The highest BCUT2D eigenvalue weighted by Crippen LogP contribution is 2.32. The standard InChI is InChI=1S/C16H18N4/c1-12-14(11-17)16(20-9-3-2-4-10-20)19-15(12)13-5-7-18-8-6-13/h5-8,19H,2-4,9-10H2,1H3. The first-order valence-electron chi connectivity index (χ1n) is 7.09. The monoisotopic (exact) mass is 266 g/mol. The van der Waals surface area contributed by atoms with E-state index in [4.69, 9.17) is 0 Å². The molecular weight excluding hydrogens is 248 g/mol. The molecule has 0 unspecified atom stereocenters. The van der Waals surface area contributed by atoms with Crippen LogP contribution in [-0.4, -0.2) is 23.1 Å². The van der Waals surface area contributed by atoms with Crippen LogP contribution in [0.25, 0.3) is 11.3 Å². The van der Waals surface area contributed by atoms with Gasteiger partial charge in [-0.05, 0) is 43.9 Å². The lowest BCUT2D eigenvalue weighted by Gasteiger charge is -2.27. The summed E-state index contributed by atoms with van der Waals surface area (Å²) in [5.41, 5.74) is 3.92. The molecule has 0 amide bonds. The molecule has 0 saturated carbocycles. The molecule has 0 radical (unpaired) electrons. The molecule has 0 aromatic carbocycles. The molecule has 2 aromatic rings. The van der Waals surface area contributed by atoms with Crippen molar-refractivity contribution in [2.24, 2.45) is 0 Å². The van der Waals surface area contributed by atoms with Gasteiger partial charge in [0.15, 0.2) is 0 Å². The van der Waals surface area contributed by atoms with Gasteiger partial charge < -0.3 is 9.88 Å². The van der Waals surface area contributed by atoms with Crippen LogP contribution >= 0.6 is 0 Å². The zero-order chi connectivity index (χ0) is 13.9. The van der Waals surface area contributed by atoms with E-state index in [9.17, 15) is 5.26 Å². The van der Waals surface area contributed by atoms with E-state index in [1.807, 2.05) is 19.1 Å². The van der Waals surface area contributed by atoms with Gasteiger partial charge in [0.2, 0.25) is 0 Å². The third-order valence-electron chi connectivity index (χ3n) is 3.98. The number of hydrogen-bond acceptors (Lipinski definition) is 3. The second-order valence-electron chi connectivity index (χ2n) is 5.24. The maximum absolute atomic E-state index is 9.48. The smallest absolute Gasteiger partial charge is 0.124 e. The fraction of sp³-hybridized carbons (Fsp3) is 0.375. The van der Waals surface area contributed by atoms with E-state index in [1.165, 1.54) is 19.3 Å². The second kappa shape index (κ2) is 5.38. The first-order chi connectivity index (χ1) is 9.81. The number of piperidine rings is 1. The largest absolute Gasteiger partial charge is 0.357 e. The molecule has 0 aliphatic carbocycles. The van der Waals surface area contributed by atoms with Crippen LogP contribution in [0.4, 0.5) is 5.82 Å². The highest BCUT2D eigenvalue weighted by molar-refractivity contribution is 5.74. The van der Waals surface area contributed by atoms with Crippen molar-refractivity contribution in [1.82, 2.24) is 9.97 Å². The van der Waals surface area contributed by atoms with Crippen LogP contribution in [0.1, 0.15) is 30.4 Å². The molecule has 3 rings (SSSR count). The lowest BCUT2D eigenvalue weighted by Crippen LogP contribution is -2.30. The average molecular weight is 266 g/mol. The molecule has 1 fully saturated rings. The Labute approximate surface area is 119 Å². The number of pyridine rings is 1. The number of nitriles is 1. The Morgan fingerprint density at radius 3 is 2.55 bits per heavy atom. The maximum Gasteiger partial charge on any atom is 0.124 e. The molecule has 0 atom stereocenters. The summed E-state index contributed by atoms with van der Waals surface area (Å²) >= 11 is 0. The minimum Gasteiger partial charge on any atom is -0.357 e. The molecule has 1 saturated heterocycles. The minimum absolute atomic E-state index is 0.777. The van der Waals surface area contributed by atoms with Gasteiger partial charge in [-0.15, -0.1) is 0 Å². The summed E-state index contributed by atoms with van der Waals surface area (Å²) in [6.07, 6.45) is 7.25. The van der Waals surface area contributed by atoms with E-state index in [1.54, 1.807) is 12.4 Å². The van der Waals surface area contributed by atoms with Crippen LogP contribution in [0, 0.1) is 18.3 Å². The number of aromatic amines is 1. The fourth-order valence-electron chi connectivity index (χ4n) is 2.88. The van der Waals surface area contributed by atoms with E-state index in [0.29, 0.717) is 0 Å². The Bertz CT molecular complexity index is 630. The van der Waals surface area contributed by atoms with Crippen LogP contribution in [0.15, 0.2) is 24.5 Å². The molecule has 1 N–H and O–H groups in total. The zero-order valence-corrected chi connectivity index (χ0v) is 11.7. The zero-order valence-electron chi connectivity index (χ0n) is 11.7. The number of H-pyrrole nitrogens is 1. The highest BCUT2D eigenvalue weighted by atomic mass is 15.2.